The Morgan fingerprint density at radius 1 is 0.872 bits per heavy atom. The number of hydrogen-bond acceptors (Lipinski definition) is 4. The van der Waals surface area contributed by atoms with Crippen molar-refractivity contribution >= 4 is 17.9 Å². The smallest absolute Gasteiger partial charge is 0.408 e. The third kappa shape index (κ3) is 12.4. The largest absolute Gasteiger partial charge is 0.444 e. The molecular formula is C32H55N3O4. The molecular weight excluding hydrogens is 490 g/mol. The van der Waals surface area contributed by atoms with Gasteiger partial charge in [-0.15, -0.1) is 0 Å². The number of rotatable bonds is 16. The first-order valence-electron chi connectivity index (χ1n) is 15.0. The zero-order chi connectivity index (χ0) is 29.6. The molecule has 0 saturated heterocycles. The molecule has 0 aliphatic heterocycles. The van der Waals surface area contributed by atoms with E-state index in [1.807, 2.05) is 45.0 Å². The number of aryl methyl sites for hydroxylation is 1. The van der Waals surface area contributed by atoms with Gasteiger partial charge >= 0.3 is 6.09 Å². The molecule has 7 heteroatoms. The number of hydrogen-bond donors (Lipinski definition) is 2. The molecule has 0 fully saturated rings. The summed E-state index contributed by atoms with van der Waals surface area (Å²) in [5.41, 5.74) is 1.25. The molecule has 1 aromatic carbocycles. The van der Waals surface area contributed by atoms with Crippen LogP contribution in [0.5, 0.6) is 0 Å². The molecule has 3 amide bonds. The van der Waals surface area contributed by atoms with Crippen LogP contribution in [0.15, 0.2) is 24.3 Å². The second kappa shape index (κ2) is 17.2. The van der Waals surface area contributed by atoms with Gasteiger partial charge in [-0.1, -0.05) is 91.0 Å². The summed E-state index contributed by atoms with van der Waals surface area (Å²) in [7, 11) is 0. The van der Waals surface area contributed by atoms with Crippen molar-refractivity contribution in [2.45, 2.75) is 137 Å². The fraction of sp³-hybridized carbons (Fsp3) is 0.719. The van der Waals surface area contributed by atoms with Gasteiger partial charge in [0, 0.05) is 12.6 Å². The molecule has 2 N–H and O–H groups in total. The van der Waals surface area contributed by atoms with E-state index in [4.69, 9.17) is 4.74 Å². The van der Waals surface area contributed by atoms with Crippen molar-refractivity contribution in [1.82, 2.24) is 15.5 Å². The lowest BCUT2D eigenvalue weighted by Gasteiger charge is -2.36. The predicted molar refractivity (Wildman–Crippen MR) is 160 cm³/mol. The number of alkyl carbamates (subject to hydrolysis) is 1. The Bertz CT molecular complexity index is 876. The van der Waals surface area contributed by atoms with E-state index >= 15 is 0 Å². The average molecular weight is 546 g/mol. The second-order valence-electron chi connectivity index (χ2n) is 12.0. The van der Waals surface area contributed by atoms with Crippen LogP contribution in [0.2, 0.25) is 0 Å². The fourth-order valence-electron chi connectivity index (χ4n) is 4.61. The van der Waals surface area contributed by atoms with Crippen LogP contribution in [-0.4, -0.2) is 47.0 Å². The number of unbranched alkanes of at least 4 members (excludes halogenated alkanes) is 4. The molecule has 1 rings (SSSR count). The third-order valence-corrected chi connectivity index (χ3v) is 6.76. The van der Waals surface area contributed by atoms with Crippen molar-refractivity contribution in [3.05, 3.63) is 35.4 Å². The highest BCUT2D eigenvalue weighted by Crippen LogP contribution is 2.26. The number of carbonyl (C=O) groups is 3. The maximum Gasteiger partial charge on any atom is 0.408 e. The Morgan fingerprint density at radius 2 is 1.49 bits per heavy atom. The minimum Gasteiger partial charge on any atom is -0.444 e. The highest BCUT2D eigenvalue weighted by Gasteiger charge is 2.37. The van der Waals surface area contributed by atoms with Crippen LogP contribution in [0.1, 0.15) is 124 Å². The summed E-state index contributed by atoms with van der Waals surface area (Å²) in [6.07, 6.45) is 7.16. The van der Waals surface area contributed by atoms with Gasteiger partial charge in [-0.25, -0.2) is 4.79 Å². The number of amides is 3. The summed E-state index contributed by atoms with van der Waals surface area (Å²) in [6, 6.07) is 6.32. The van der Waals surface area contributed by atoms with Crippen LogP contribution in [-0.2, 0) is 20.7 Å². The lowest BCUT2D eigenvalue weighted by atomic mass is 9.97. The SMILES string of the molecule is CCCCCCCN(C(=O)C(NC(=O)OC(C)(C)C)C(C)C)C(C(=O)NC(C)CCC)c1ccc(CC)cc1. The maximum absolute atomic E-state index is 14.2. The van der Waals surface area contributed by atoms with Crippen LogP contribution in [0.25, 0.3) is 0 Å². The zero-order valence-electron chi connectivity index (χ0n) is 26.1. The summed E-state index contributed by atoms with van der Waals surface area (Å²) in [6.45, 7) is 17.9. The van der Waals surface area contributed by atoms with Gasteiger partial charge in [0.15, 0.2) is 0 Å². The maximum atomic E-state index is 14.2. The molecule has 0 aliphatic carbocycles. The third-order valence-electron chi connectivity index (χ3n) is 6.76. The lowest BCUT2D eigenvalue weighted by molar-refractivity contribution is -0.143. The average Bonchev–Trinajstić information content (AvgIpc) is 2.85. The highest BCUT2D eigenvalue weighted by atomic mass is 16.6. The van der Waals surface area contributed by atoms with E-state index in [1.54, 1.807) is 25.7 Å². The Balaban J connectivity index is 3.47. The predicted octanol–water partition coefficient (Wildman–Crippen LogP) is 6.94. The monoisotopic (exact) mass is 545 g/mol. The van der Waals surface area contributed by atoms with Crippen molar-refractivity contribution in [2.75, 3.05) is 6.54 Å². The first-order valence-corrected chi connectivity index (χ1v) is 15.0. The molecule has 3 atom stereocenters. The van der Waals surface area contributed by atoms with E-state index in [0.29, 0.717) is 6.54 Å². The Labute approximate surface area is 237 Å². The van der Waals surface area contributed by atoms with Crippen molar-refractivity contribution in [1.29, 1.82) is 0 Å². The molecule has 0 aliphatic rings. The first kappa shape index (κ1) is 34.5. The Kier molecular flexibility index (Phi) is 15.2. The van der Waals surface area contributed by atoms with Crippen LogP contribution < -0.4 is 10.6 Å². The zero-order valence-corrected chi connectivity index (χ0v) is 26.1. The van der Waals surface area contributed by atoms with E-state index < -0.39 is 23.8 Å². The summed E-state index contributed by atoms with van der Waals surface area (Å²) in [5.74, 6) is -0.658. The molecule has 39 heavy (non-hydrogen) atoms. The summed E-state index contributed by atoms with van der Waals surface area (Å²) >= 11 is 0. The van der Waals surface area contributed by atoms with Gasteiger partial charge in [-0.3, -0.25) is 9.59 Å². The standard InChI is InChI=1S/C32H55N3O4/c1-10-13-14-15-16-22-35(30(37)27(23(4)5)34-31(38)39-32(7,8)9)28(29(36)33-24(6)17-11-2)26-20-18-25(12-3)19-21-26/h18-21,23-24,27-28H,10-17,22H2,1-9H3,(H,33,36)(H,34,38). The van der Waals surface area contributed by atoms with Crippen molar-refractivity contribution in [3.63, 3.8) is 0 Å². The minimum absolute atomic E-state index is 0.0118. The van der Waals surface area contributed by atoms with E-state index in [0.717, 1.165) is 56.9 Å². The van der Waals surface area contributed by atoms with Gasteiger partial charge in [-0.05, 0) is 64.0 Å². The minimum atomic E-state index is -0.825. The molecule has 1 aromatic rings. The lowest BCUT2D eigenvalue weighted by Crippen LogP contribution is -2.55. The molecule has 0 aromatic heterocycles. The summed E-state index contributed by atoms with van der Waals surface area (Å²) < 4.78 is 5.47. The van der Waals surface area contributed by atoms with Crippen LogP contribution in [0, 0.1) is 5.92 Å². The van der Waals surface area contributed by atoms with Gasteiger partial charge < -0.3 is 20.3 Å². The van der Waals surface area contributed by atoms with Crippen LogP contribution >= 0.6 is 0 Å². The molecule has 0 radical (unpaired) electrons. The van der Waals surface area contributed by atoms with Crippen molar-refractivity contribution in [2.24, 2.45) is 5.92 Å². The molecule has 0 saturated carbocycles. The van der Waals surface area contributed by atoms with Gasteiger partial charge in [0.2, 0.25) is 11.8 Å². The van der Waals surface area contributed by atoms with Crippen LogP contribution in [0.4, 0.5) is 4.79 Å². The second-order valence-corrected chi connectivity index (χ2v) is 12.0. The highest BCUT2D eigenvalue weighted by molar-refractivity contribution is 5.92. The molecule has 7 nitrogen and oxygen atoms in total. The molecule has 0 spiro atoms. The molecule has 3 unspecified atom stereocenters. The van der Waals surface area contributed by atoms with Crippen molar-refractivity contribution in [3.8, 4) is 0 Å². The Hall–Kier alpha value is -2.57. The van der Waals surface area contributed by atoms with Gasteiger partial charge in [0.05, 0.1) is 0 Å². The molecule has 0 heterocycles. The van der Waals surface area contributed by atoms with Gasteiger partial charge in [-0.2, -0.15) is 0 Å². The van der Waals surface area contributed by atoms with Crippen LogP contribution in [0.3, 0.4) is 0 Å². The quantitative estimate of drug-likeness (QED) is 0.220. The van der Waals surface area contributed by atoms with Gasteiger partial charge in [0.25, 0.3) is 0 Å². The van der Waals surface area contributed by atoms with Crippen molar-refractivity contribution < 1.29 is 19.1 Å². The number of nitrogens with one attached hydrogen (secondary N) is 2. The fourth-order valence-corrected chi connectivity index (χ4v) is 4.61. The van der Waals surface area contributed by atoms with E-state index in [9.17, 15) is 14.4 Å². The normalized spacial score (nSPS) is 13.9. The number of benzene rings is 1. The summed E-state index contributed by atoms with van der Waals surface area (Å²) in [5, 5.41) is 5.95. The van der Waals surface area contributed by atoms with E-state index in [1.165, 1.54) is 5.56 Å². The number of ether oxygens (including phenoxy) is 1. The summed E-state index contributed by atoms with van der Waals surface area (Å²) in [4.78, 5) is 42.5. The molecule has 0 bridgehead atoms. The Morgan fingerprint density at radius 3 is 2.00 bits per heavy atom. The van der Waals surface area contributed by atoms with E-state index in [-0.39, 0.29) is 23.8 Å². The van der Waals surface area contributed by atoms with E-state index in [2.05, 4.69) is 31.4 Å². The number of nitrogens with zero attached hydrogens (tertiary/aromatic N) is 1. The van der Waals surface area contributed by atoms with Gasteiger partial charge in [0.1, 0.15) is 17.7 Å². The number of carbonyl (C=O) groups excluding carboxylic acids is 3. The molecule has 222 valence electrons. The first-order chi connectivity index (χ1) is 18.3. The topological polar surface area (TPSA) is 87.7 Å².